The third kappa shape index (κ3) is 3.05. The number of hydrogen-bond donors (Lipinski definition) is 3. The van der Waals surface area contributed by atoms with E-state index in [1.54, 1.807) is 0 Å². The smallest absolute Gasteiger partial charge is 0.228 e. The van der Waals surface area contributed by atoms with Crippen molar-refractivity contribution >= 4 is 11.6 Å². The fraction of sp³-hybridized carbons (Fsp3) is 0.462. The minimum absolute atomic E-state index is 0.0851. The summed E-state index contributed by atoms with van der Waals surface area (Å²) in [5, 5.41) is 6.20. The van der Waals surface area contributed by atoms with Gasteiger partial charge < -0.3 is 16.4 Å². The summed E-state index contributed by atoms with van der Waals surface area (Å²) in [5.74, 6) is 0.578. The summed E-state index contributed by atoms with van der Waals surface area (Å²) in [6.45, 7) is 4.57. The molecule has 0 saturated heterocycles. The predicted octanol–water partition coefficient (Wildman–Crippen LogP) is 0.866. The molecule has 0 bridgehead atoms. The van der Waals surface area contributed by atoms with E-state index in [0.29, 0.717) is 18.9 Å². The van der Waals surface area contributed by atoms with Crippen LogP contribution in [-0.2, 0) is 17.8 Å². The normalized spacial score (nSPS) is 15.5. The van der Waals surface area contributed by atoms with Gasteiger partial charge in [0.1, 0.15) is 0 Å². The van der Waals surface area contributed by atoms with Crippen LogP contribution in [0.3, 0.4) is 0 Å². The van der Waals surface area contributed by atoms with Gasteiger partial charge in [0, 0.05) is 12.2 Å². The molecule has 1 amide bonds. The Hall–Kier alpha value is -1.39. The van der Waals surface area contributed by atoms with Crippen molar-refractivity contribution in [2.45, 2.75) is 19.9 Å². The number of rotatable bonds is 5. The molecule has 1 heterocycles. The molecule has 4 heteroatoms. The van der Waals surface area contributed by atoms with Crippen molar-refractivity contribution in [1.29, 1.82) is 0 Å². The highest BCUT2D eigenvalue weighted by atomic mass is 16.1. The van der Waals surface area contributed by atoms with Crippen LogP contribution in [0.25, 0.3) is 0 Å². The van der Waals surface area contributed by atoms with Gasteiger partial charge in [-0.15, -0.1) is 0 Å². The van der Waals surface area contributed by atoms with Crippen LogP contribution in [0, 0.1) is 5.92 Å². The summed E-state index contributed by atoms with van der Waals surface area (Å²) < 4.78 is 0. The summed E-state index contributed by atoms with van der Waals surface area (Å²) in [6, 6.07) is 6.11. The molecule has 0 aliphatic carbocycles. The van der Waals surface area contributed by atoms with Crippen molar-refractivity contribution in [1.82, 2.24) is 5.32 Å². The highest BCUT2D eigenvalue weighted by Crippen LogP contribution is 2.23. The molecule has 0 radical (unpaired) electrons. The molecular weight excluding hydrogens is 214 g/mol. The average Bonchev–Trinajstić information content (AvgIpc) is 2.68. The number of fused-ring (bicyclic) bond motifs is 1. The molecule has 1 aliphatic rings. The number of carbonyl (C=O) groups excluding carboxylic acids is 1. The van der Waals surface area contributed by atoms with Gasteiger partial charge in [0.2, 0.25) is 5.91 Å². The fourth-order valence-corrected chi connectivity index (χ4v) is 1.94. The Kier molecular flexibility index (Phi) is 3.76. The lowest BCUT2D eigenvalue weighted by Crippen LogP contribution is -2.25. The predicted molar refractivity (Wildman–Crippen MR) is 68.7 cm³/mol. The Labute approximate surface area is 102 Å². The molecule has 1 aliphatic heterocycles. The van der Waals surface area contributed by atoms with Gasteiger partial charge >= 0.3 is 0 Å². The van der Waals surface area contributed by atoms with Crippen LogP contribution in [-0.4, -0.2) is 19.0 Å². The zero-order chi connectivity index (χ0) is 12.3. The average molecular weight is 233 g/mol. The molecule has 0 aromatic heterocycles. The Bertz CT molecular complexity index is 417. The number of nitrogens with two attached hydrogens (primary N) is 1. The van der Waals surface area contributed by atoms with Crippen molar-refractivity contribution in [2.75, 3.05) is 18.4 Å². The number of nitrogens with one attached hydrogen (secondary N) is 2. The number of anilines is 1. The largest absolute Gasteiger partial charge is 0.330 e. The van der Waals surface area contributed by atoms with Crippen molar-refractivity contribution in [2.24, 2.45) is 11.7 Å². The van der Waals surface area contributed by atoms with Gasteiger partial charge in [0.25, 0.3) is 0 Å². The standard InChI is InChI=1S/C13H19N3O/c1-9(6-14)7-15-8-10-2-3-12-11(4-10)5-13(17)16-12/h2-4,9,15H,5-8,14H2,1H3,(H,16,17). The topological polar surface area (TPSA) is 67.1 Å². The second kappa shape index (κ2) is 5.29. The van der Waals surface area contributed by atoms with Gasteiger partial charge in [-0.2, -0.15) is 0 Å². The van der Waals surface area contributed by atoms with Crippen LogP contribution < -0.4 is 16.4 Å². The number of benzene rings is 1. The molecule has 0 saturated carbocycles. The van der Waals surface area contributed by atoms with E-state index in [-0.39, 0.29) is 5.91 Å². The third-order valence-electron chi connectivity index (χ3n) is 3.02. The minimum atomic E-state index is 0.0851. The summed E-state index contributed by atoms with van der Waals surface area (Å²) in [6.07, 6.45) is 0.502. The summed E-state index contributed by atoms with van der Waals surface area (Å²) in [4.78, 5) is 11.2. The van der Waals surface area contributed by atoms with Crippen LogP contribution in [0.5, 0.6) is 0 Å². The lowest BCUT2D eigenvalue weighted by Gasteiger charge is -2.10. The van der Waals surface area contributed by atoms with Crippen LogP contribution in [0.15, 0.2) is 18.2 Å². The van der Waals surface area contributed by atoms with Gasteiger partial charge in [-0.1, -0.05) is 19.1 Å². The van der Waals surface area contributed by atoms with Crippen LogP contribution in [0.2, 0.25) is 0 Å². The summed E-state index contributed by atoms with van der Waals surface area (Å²) >= 11 is 0. The SMILES string of the molecule is CC(CN)CNCc1ccc2c(c1)CC(=O)N2. The fourth-order valence-electron chi connectivity index (χ4n) is 1.94. The molecule has 0 spiro atoms. The van der Waals surface area contributed by atoms with Gasteiger partial charge in [0.05, 0.1) is 6.42 Å². The molecule has 0 fully saturated rings. The zero-order valence-corrected chi connectivity index (χ0v) is 10.1. The molecule has 92 valence electrons. The van der Waals surface area contributed by atoms with Crippen LogP contribution in [0.1, 0.15) is 18.1 Å². The van der Waals surface area contributed by atoms with E-state index < -0.39 is 0 Å². The Morgan fingerprint density at radius 2 is 2.35 bits per heavy atom. The van der Waals surface area contributed by atoms with E-state index in [9.17, 15) is 4.79 Å². The van der Waals surface area contributed by atoms with Crippen molar-refractivity contribution < 1.29 is 4.79 Å². The van der Waals surface area contributed by atoms with E-state index in [1.165, 1.54) is 5.56 Å². The number of hydrogen-bond acceptors (Lipinski definition) is 3. The maximum atomic E-state index is 11.2. The molecule has 1 atom stereocenters. The van der Waals surface area contributed by atoms with E-state index in [2.05, 4.69) is 23.6 Å². The summed E-state index contributed by atoms with van der Waals surface area (Å²) in [5.41, 5.74) is 8.82. The van der Waals surface area contributed by atoms with Crippen LogP contribution in [0.4, 0.5) is 5.69 Å². The first kappa shape index (κ1) is 12.1. The molecule has 4 nitrogen and oxygen atoms in total. The maximum Gasteiger partial charge on any atom is 0.228 e. The van der Waals surface area contributed by atoms with Crippen molar-refractivity contribution in [3.8, 4) is 0 Å². The molecule has 1 aromatic carbocycles. The Morgan fingerprint density at radius 3 is 3.12 bits per heavy atom. The first-order valence-electron chi connectivity index (χ1n) is 6.01. The zero-order valence-electron chi connectivity index (χ0n) is 10.1. The quantitative estimate of drug-likeness (QED) is 0.707. The van der Waals surface area contributed by atoms with Gasteiger partial charge in [0.15, 0.2) is 0 Å². The van der Waals surface area contributed by atoms with E-state index in [0.717, 1.165) is 24.3 Å². The first-order chi connectivity index (χ1) is 8.19. The Morgan fingerprint density at radius 1 is 1.53 bits per heavy atom. The monoisotopic (exact) mass is 233 g/mol. The highest BCUT2D eigenvalue weighted by molar-refractivity contribution is 5.99. The first-order valence-corrected chi connectivity index (χ1v) is 6.01. The van der Waals surface area contributed by atoms with Gasteiger partial charge in [-0.25, -0.2) is 0 Å². The second-order valence-electron chi connectivity index (χ2n) is 4.69. The Balaban J connectivity index is 1.90. The van der Waals surface area contributed by atoms with E-state index >= 15 is 0 Å². The van der Waals surface area contributed by atoms with Gasteiger partial charge in [-0.3, -0.25) is 4.79 Å². The maximum absolute atomic E-state index is 11.2. The molecule has 4 N–H and O–H groups in total. The van der Waals surface area contributed by atoms with Crippen molar-refractivity contribution in [3.63, 3.8) is 0 Å². The second-order valence-corrected chi connectivity index (χ2v) is 4.69. The van der Waals surface area contributed by atoms with E-state index in [4.69, 9.17) is 5.73 Å². The van der Waals surface area contributed by atoms with Crippen LogP contribution >= 0.6 is 0 Å². The third-order valence-corrected chi connectivity index (χ3v) is 3.02. The molecule has 1 aromatic rings. The minimum Gasteiger partial charge on any atom is -0.330 e. The summed E-state index contributed by atoms with van der Waals surface area (Å²) in [7, 11) is 0. The molecule has 2 rings (SSSR count). The molecule has 1 unspecified atom stereocenters. The molecule has 17 heavy (non-hydrogen) atoms. The molecular formula is C13H19N3O. The lowest BCUT2D eigenvalue weighted by atomic mass is 10.1. The lowest BCUT2D eigenvalue weighted by molar-refractivity contribution is -0.115. The van der Waals surface area contributed by atoms with E-state index in [1.807, 2.05) is 12.1 Å². The number of amides is 1. The number of carbonyl (C=O) groups is 1. The highest BCUT2D eigenvalue weighted by Gasteiger charge is 2.17. The van der Waals surface area contributed by atoms with Gasteiger partial charge in [-0.05, 0) is 36.2 Å². The van der Waals surface area contributed by atoms with Crippen molar-refractivity contribution in [3.05, 3.63) is 29.3 Å².